The fraction of sp³-hybridized carbons (Fsp3) is 0.615. The highest BCUT2D eigenvalue weighted by atomic mass is 15.4. The van der Waals surface area contributed by atoms with Crippen LogP contribution in [-0.4, -0.2) is 42.3 Å². The van der Waals surface area contributed by atoms with Gasteiger partial charge in [0.2, 0.25) is 11.9 Å². The lowest BCUT2D eigenvalue weighted by atomic mass is 9.82. The van der Waals surface area contributed by atoms with Crippen LogP contribution in [0.3, 0.4) is 0 Å². The fourth-order valence-corrected chi connectivity index (χ4v) is 2.36. The van der Waals surface area contributed by atoms with Crippen molar-refractivity contribution in [3.05, 3.63) is 12.7 Å². The third kappa shape index (κ3) is 3.26. The summed E-state index contributed by atoms with van der Waals surface area (Å²) in [5.41, 5.74) is 0. The molecule has 1 aliphatic rings. The Morgan fingerprint density at radius 1 is 1.24 bits per heavy atom. The van der Waals surface area contributed by atoms with Crippen LogP contribution in [-0.2, 0) is 0 Å². The van der Waals surface area contributed by atoms with E-state index in [1.165, 1.54) is 11.0 Å². The number of hydrogen-bond acceptors (Lipinski definition) is 7. The van der Waals surface area contributed by atoms with Gasteiger partial charge in [0.15, 0.2) is 0 Å². The highest BCUT2D eigenvalue weighted by Crippen LogP contribution is 2.28. The van der Waals surface area contributed by atoms with Crippen LogP contribution in [0.4, 0.5) is 11.9 Å². The maximum atomic E-state index is 4.42. The molecule has 0 spiro atoms. The highest BCUT2D eigenvalue weighted by molar-refractivity contribution is 5.38. The van der Waals surface area contributed by atoms with Crippen molar-refractivity contribution in [2.75, 3.05) is 17.2 Å². The molecule has 2 N–H and O–H groups in total. The quantitative estimate of drug-likeness (QED) is 0.831. The number of nitrogens with one attached hydrogen (secondary N) is 2. The maximum absolute atomic E-state index is 4.42. The van der Waals surface area contributed by atoms with Gasteiger partial charge in [0.05, 0.1) is 0 Å². The lowest BCUT2D eigenvalue weighted by Crippen LogP contribution is -2.34. The van der Waals surface area contributed by atoms with Crippen molar-refractivity contribution in [2.24, 2.45) is 5.92 Å². The Morgan fingerprint density at radius 3 is 2.71 bits per heavy atom. The van der Waals surface area contributed by atoms with Gasteiger partial charge in [0.1, 0.15) is 12.7 Å². The molecule has 0 aromatic carbocycles. The minimum absolute atomic E-state index is 0.449. The first-order valence-corrected chi connectivity index (χ1v) is 7.36. The van der Waals surface area contributed by atoms with Gasteiger partial charge in [0.25, 0.3) is 5.95 Å². The Morgan fingerprint density at radius 2 is 2.05 bits per heavy atom. The van der Waals surface area contributed by atoms with Crippen molar-refractivity contribution in [1.29, 1.82) is 0 Å². The summed E-state index contributed by atoms with van der Waals surface area (Å²) in [6.07, 6.45) is 6.36. The molecule has 0 radical (unpaired) electrons. The third-order valence-electron chi connectivity index (χ3n) is 3.49. The molecular formula is C13H20N8. The van der Waals surface area contributed by atoms with E-state index in [0.717, 1.165) is 31.7 Å². The topological polar surface area (TPSA) is 93.4 Å². The lowest BCUT2D eigenvalue weighted by Gasteiger charge is -2.33. The third-order valence-corrected chi connectivity index (χ3v) is 3.49. The monoisotopic (exact) mass is 288 g/mol. The minimum atomic E-state index is 0.449. The van der Waals surface area contributed by atoms with E-state index >= 15 is 0 Å². The molecule has 2 aromatic heterocycles. The smallest absolute Gasteiger partial charge is 0.258 e. The van der Waals surface area contributed by atoms with E-state index < -0.39 is 0 Å². The first-order chi connectivity index (χ1) is 10.2. The van der Waals surface area contributed by atoms with Gasteiger partial charge in [-0.1, -0.05) is 13.8 Å². The standard InChI is InChI=1S/C13H20N8/c1-3-4-15-11-18-12(17-10-5-9(2)6-10)20-13(19-11)21-8-14-7-16-21/h7-10H,3-6H2,1-2H3,(H2,15,17,18,19,20). The molecular weight excluding hydrogens is 268 g/mol. The molecule has 1 fully saturated rings. The van der Waals surface area contributed by atoms with Gasteiger partial charge in [-0.2, -0.15) is 24.7 Å². The van der Waals surface area contributed by atoms with E-state index in [4.69, 9.17) is 0 Å². The minimum Gasteiger partial charge on any atom is -0.354 e. The lowest BCUT2D eigenvalue weighted by molar-refractivity contribution is 0.308. The van der Waals surface area contributed by atoms with E-state index in [0.29, 0.717) is 23.9 Å². The van der Waals surface area contributed by atoms with Gasteiger partial charge < -0.3 is 10.6 Å². The van der Waals surface area contributed by atoms with E-state index in [9.17, 15) is 0 Å². The number of anilines is 2. The molecule has 2 aromatic rings. The van der Waals surface area contributed by atoms with Gasteiger partial charge in [-0.3, -0.25) is 0 Å². The predicted molar refractivity (Wildman–Crippen MR) is 79.3 cm³/mol. The highest BCUT2D eigenvalue weighted by Gasteiger charge is 2.26. The molecule has 2 heterocycles. The molecule has 3 rings (SSSR count). The molecule has 112 valence electrons. The van der Waals surface area contributed by atoms with Crippen molar-refractivity contribution in [1.82, 2.24) is 29.7 Å². The van der Waals surface area contributed by atoms with Crippen molar-refractivity contribution >= 4 is 11.9 Å². The largest absolute Gasteiger partial charge is 0.354 e. The second-order valence-electron chi connectivity index (χ2n) is 5.47. The molecule has 8 heteroatoms. The molecule has 0 amide bonds. The second kappa shape index (κ2) is 6.02. The number of aromatic nitrogens is 6. The Bertz CT molecular complexity index is 576. The second-order valence-corrected chi connectivity index (χ2v) is 5.47. The SMILES string of the molecule is CCCNc1nc(NC2CC(C)C2)nc(-n2cncn2)n1. The first-order valence-electron chi connectivity index (χ1n) is 7.36. The predicted octanol–water partition coefficient (Wildman–Crippen LogP) is 1.48. The van der Waals surface area contributed by atoms with Gasteiger partial charge in [-0.15, -0.1) is 0 Å². The summed E-state index contributed by atoms with van der Waals surface area (Å²) >= 11 is 0. The molecule has 0 atom stereocenters. The first kappa shape index (κ1) is 13.7. The summed E-state index contributed by atoms with van der Waals surface area (Å²) in [6.45, 7) is 5.17. The summed E-state index contributed by atoms with van der Waals surface area (Å²) in [7, 11) is 0. The molecule has 0 aliphatic heterocycles. The van der Waals surface area contributed by atoms with Crippen LogP contribution in [0.1, 0.15) is 33.1 Å². The van der Waals surface area contributed by atoms with Crippen molar-refractivity contribution in [3.8, 4) is 5.95 Å². The van der Waals surface area contributed by atoms with Gasteiger partial charge >= 0.3 is 0 Å². The van der Waals surface area contributed by atoms with Crippen LogP contribution in [0.2, 0.25) is 0 Å². The Kier molecular flexibility index (Phi) is 3.94. The molecule has 0 saturated heterocycles. The number of rotatable bonds is 6. The van der Waals surface area contributed by atoms with Crippen LogP contribution in [0.5, 0.6) is 0 Å². The van der Waals surface area contributed by atoms with E-state index in [-0.39, 0.29) is 0 Å². The summed E-state index contributed by atoms with van der Waals surface area (Å²) in [4.78, 5) is 17.1. The molecule has 0 unspecified atom stereocenters. The molecule has 0 bridgehead atoms. The zero-order valence-corrected chi connectivity index (χ0v) is 12.3. The van der Waals surface area contributed by atoms with Crippen molar-refractivity contribution in [2.45, 2.75) is 39.2 Å². The summed E-state index contributed by atoms with van der Waals surface area (Å²) in [5.74, 6) is 2.39. The van der Waals surface area contributed by atoms with Gasteiger partial charge in [0, 0.05) is 12.6 Å². The average Bonchev–Trinajstić information content (AvgIpc) is 2.97. The molecule has 21 heavy (non-hydrogen) atoms. The Hall–Kier alpha value is -2.25. The number of hydrogen-bond donors (Lipinski definition) is 2. The van der Waals surface area contributed by atoms with E-state index in [1.807, 2.05) is 0 Å². The van der Waals surface area contributed by atoms with Crippen LogP contribution in [0.15, 0.2) is 12.7 Å². The van der Waals surface area contributed by atoms with E-state index in [2.05, 4.69) is 49.5 Å². The zero-order chi connectivity index (χ0) is 14.7. The summed E-state index contributed by atoms with van der Waals surface area (Å²) < 4.78 is 1.54. The molecule has 1 saturated carbocycles. The maximum Gasteiger partial charge on any atom is 0.258 e. The molecule has 8 nitrogen and oxygen atoms in total. The average molecular weight is 288 g/mol. The summed E-state index contributed by atoms with van der Waals surface area (Å²) in [5, 5.41) is 10.6. The fourth-order valence-electron chi connectivity index (χ4n) is 2.36. The zero-order valence-electron chi connectivity index (χ0n) is 12.3. The number of nitrogens with zero attached hydrogens (tertiary/aromatic N) is 6. The van der Waals surface area contributed by atoms with Crippen molar-refractivity contribution < 1.29 is 0 Å². The Labute approximate surface area is 123 Å². The van der Waals surface area contributed by atoms with E-state index in [1.54, 1.807) is 6.33 Å². The molecule has 1 aliphatic carbocycles. The van der Waals surface area contributed by atoms with Crippen LogP contribution < -0.4 is 10.6 Å². The van der Waals surface area contributed by atoms with Gasteiger partial charge in [-0.25, -0.2) is 4.98 Å². The van der Waals surface area contributed by atoms with Gasteiger partial charge in [-0.05, 0) is 25.2 Å². The van der Waals surface area contributed by atoms with Crippen LogP contribution >= 0.6 is 0 Å². The Balaban J connectivity index is 1.82. The summed E-state index contributed by atoms with van der Waals surface area (Å²) in [6, 6.07) is 0.449. The van der Waals surface area contributed by atoms with Crippen LogP contribution in [0.25, 0.3) is 5.95 Å². The normalized spacial score (nSPS) is 20.9. The van der Waals surface area contributed by atoms with Crippen LogP contribution in [0, 0.1) is 5.92 Å². The van der Waals surface area contributed by atoms with Crippen molar-refractivity contribution in [3.63, 3.8) is 0 Å².